The highest BCUT2D eigenvalue weighted by Crippen LogP contribution is 2.16. The van der Waals surface area contributed by atoms with Gasteiger partial charge in [-0.05, 0) is 18.1 Å². The monoisotopic (exact) mass is 208 g/mol. The van der Waals surface area contributed by atoms with Gasteiger partial charge in [0.1, 0.15) is 5.75 Å². The second kappa shape index (κ2) is 8.04. The van der Waals surface area contributed by atoms with E-state index < -0.39 is 0 Å². The van der Waals surface area contributed by atoms with Crippen molar-refractivity contribution in [3.05, 3.63) is 29.8 Å². The molecule has 0 saturated carbocycles. The molecule has 0 fully saturated rings. The van der Waals surface area contributed by atoms with Gasteiger partial charge in [0.05, 0.1) is 12.2 Å². The number of para-hydroxylation sites is 1. The molecule has 0 aromatic heterocycles. The van der Waals surface area contributed by atoms with Gasteiger partial charge in [0, 0.05) is 0 Å². The quantitative estimate of drug-likeness (QED) is 0.707. The lowest BCUT2D eigenvalue weighted by Gasteiger charge is -2.09. The molecule has 2 heteroatoms. The molecule has 0 N–H and O–H groups in total. The third-order valence-electron chi connectivity index (χ3n) is 1.62. The maximum atomic E-state index is 10.6. The van der Waals surface area contributed by atoms with Crippen LogP contribution >= 0.6 is 0 Å². The van der Waals surface area contributed by atoms with E-state index in [1.165, 1.54) is 0 Å². The van der Waals surface area contributed by atoms with Gasteiger partial charge < -0.3 is 4.74 Å². The zero-order valence-electron chi connectivity index (χ0n) is 9.99. The van der Waals surface area contributed by atoms with E-state index >= 15 is 0 Å². The number of hydrogen-bond donors (Lipinski definition) is 0. The summed E-state index contributed by atoms with van der Waals surface area (Å²) in [5, 5.41) is 0. The first-order valence-corrected chi connectivity index (χ1v) is 5.41. The Balaban J connectivity index is 0.000000921. The maximum Gasteiger partial charge on any atom is 0.153 e. The van der Waals surface area contributed by atoms with Crippen molar-refractivity contribution >= 4 is 6.29 Å². The summed E-state index contributed by atoms with van der Waals surface area (Å²) in [4.78, 5) is 10.6. The van der Waals surface area contributed by atoms with Gasteiger partial charge in [-0.1, -0.05) is 39.8 Å². The molecule has 0 radical (unpaired) electrons. The van der Waals surface area contributed by atoms with Crippen molar-refractivity contribution in [2.24, 2.45) is 5.92 Å². The number of rotatable bonds is 4. The molecule has 15 heavy (non-hydrogen) atoms. The van der Waals surface area contributed by atoms with Crippen molar-refractivity contribution in [1.82, 2.24) is 0 Å². The van der Waals surface area contributed by atoms with Crippen LogP contribution in [0.4, 0.5) is 0 Å². The number of ether oxygens (including phenoxy) is 1. The first-order chi connectivity index (χ1) is 7.24. The van der Waals surface area contributed by atoms with Crippen LogP contribution in [0, 0.1) is 5.92 Å². The zero-order valence-corrected chi connectivity index (χ0v) is 9.99. The molecule has 0 heterocycles. The Labute approximate surface area is 92.3 Å². The SMILES string of the molecule is CC.CC(C)COc1ccccc1C=O. The standard InChI is InChI=1S/C11H14O2.C2H6/c1-9(2)8-13-11-6-4-3-5-10(11)7-12;1-2/h3-7,9H,8H2,1-2H3;1-2H3. The summed E-state index contributed by atoms with van der Waals surface area (Å²) in [6, 6.07) is 7.25. The van der Waals surface area contributed by atoms with E-state index in [4.69, 9.17) is 4.74 Å². The highest BCUT2D eigenvalue weighted by Gasteiger charge is 2.01. The summed E-state index contributed by atoms with van der Waals surface area (Å²) in [5.74, 6) is 1.14. The van der Waals surface area contributed by atoms with Gasteiger partial charge >= 0.3 is 0 Å². The van der Waals surface area contributed by atoms with Crippen molar-refractivity contribution in [1.29, 1.82) is 0 Å². The molecule has 0 aliphatic heterocycles. The molecule has 0 spiro atoms. The minimum atomic E-state index is 0.472. The maximum absolute atomic E-state index is 10.6. The molecule has 2 nitrogen and oxygen atoms in total. The molecule has 1 aromatic carbocycles. The van der Waals surface area contributed by atoms with Crippen LogP contribution in [-0.4, -0.2) is 12.9 Å². The van der Waals surface area contributed by atoms with E-state index in [2.05, 4.69) is 13.8 Å². The molecular formula is C13H20O2. The fourth-order valence-corrected chi connectivity index (χ4v) is 0.966. The van der Waals surface area contributed by atoms with Gasteiger partial charge in [-0.3, -0.25) is 4.79 Å². The Morgan fingerprint density at radius 2 is 1.87 bits per heavy atom. The average Bonchev–Trinajstić information content (AvgIpc) is 2.29. The Hall–Kier alpha value is -1.31. The Morgan fingerprint density at radius 1 is 1.27 bits per heavy atom. The lowest BCUT2D eigenvalue weighted by Crippen LogP contribution is -2.05. The Bertz CT molecular complexity index is 280. The van der Waals surface area contributed by atoms with Crippen LogP contribution in [0.5, 0.6) is 5.75 Å². The van der Waals surface area contributed by atoms with Crippen molar-refractivity contribution < 1.29 is 9.53 Å². The molecule has 0 bridgehead atoms. The minimum absolute atomic E-state index is 0.472. The second-order valence-corrected chi connectivity index (χ2v) is 3.36. The predicted molar refractivity (Wildman–Crippen MR) is 63.5 cm³/mol. The van der Waals surface area contributed by atoms with Crippen molar-refractivity contribution in [2.75, 3.05) is 6.61 Å². The summed E-state index contributed by atoms with van der Waals surface area (Å²) in [6.45, 7) is 8.79. The molecule has 0 unspecified atom stereocenters. The third-order valence-corrected chi connectivity index (χ3v) is 1.62. The summed E-state index contributed by atoms with van der Waals surface area (Å²) in [5.41, 5.74) is 0.614. The van der Waals surface area contributed by atoms with Gasteiger partial charge in [-0.25, -0.2) is 0 Å². The minimum Gasteiger partial charge on any atom is -0.493 e. The van der Waals surface area contributed by atoms with Crippen LogP contribution in [0.25, 0.3) is 0 Å². The summed E-state index contributed by atoms with van der Waals surface area (Å²) >= 11 is 0. The first-order valence-electron chi connectivity index (χ1n) is 5.41. The van der Waals surface area contributed by atoms with Gasteiger partial charge in [-0.2, -0.15) is 0 Å². The smallest absolute Gasteiger partial charge is 0.153 e. The highest BCUT2D eigenvalue weighted by atomic mass is 16.5. The van der Waals surface area contributed by atoms with Gasteiger partial charge in [0.25, 0.3) is 0 Å². The van der Waals surface area contributed by atoms with Crippen LogP contribution in [0.2, 0.25) is 0 Å². The molecule has 0 saturated heterocycles. The van der Waals surface area contributed by atoms with Gasteiger partial charge in [0.2, 0.25) is 0 Å². The molecule has 1 aromatic rings. The Morgan fingerprint density at radius 3 is 2.40 bits per heavy atom. The van der Waals surface area contributed by atoms with Crippen LogP contribution in [0.3, 0.4) is 0 Å². The second-order valence-electron chi connectivity index (χ2n) is 3.36. The fraction of sp³-hybridized carbons (Fsp3) is 0.462. The number of aldehydes is 1. The normalized spacial score (nSPS) is 9.13. The number of carbonyl (C=O) groups excluding carboxylic acids is 1. The molecule has 84 valence electrons. The van der Waals surface area contributed by atoms with Crippen LogP contribution in [0.15, 0.2) is 24.3 Å². The lowest BCUT2D eigenvalue weighted by atomic mass is 10.2. The summed E-state index contributed by atoms with van der Waals surface area (Å²) in [7, 11) is 0. The van der Waals surface area contributed by atoms with Crippen LogP contribution in [0.1, 0.15) is 38.1 Å². The number of benzene rings is 1. The molecular weight excluding hydrogens is 188 g/mol. The van der Waals surface area contributed by atoms with E-state index in [0.29, 0.717) is 23.8 Å². The van der Waals surface area contributed by atoms with Crippen LogP contribution in [-0.2, 0) is 0 Å². The molecule has 0 aliphatic rings. The van der Waals surface area contributed by atoms with Crippen LogP contribution < -0.4 is 4.74 Å². The average molecular weight is 208 g/mol. The predicted octanol–water partition coefficient (Wildman–Crippen LogP) is 3.56. The van der Waals surface area contributed by atoms with E-state index in [9.17, 15) is 4.79 Å². The van der Waals surface area contributed by atoms with Crippen molar-refractivity contribution in [2.45, 2.75) is 27.7 Å². The molecule has 0 atom stereocenters. The molecule has 0 amide bonds. The largest absolute Gasteiger partial charge is 0.493 e. The van der Waals surface area contributed by atoms with Gasteiger partial charge in [-0.15, -0.1) is 0 Å². The Kier molecular flexibility index (Phi) is 7.33. The van der Waals surface area contributed by atoms with E-state index in [1.54, 1.807) is 6.07 Å². The van der Waals surface area contributed by atoms with Crippen molar-refractivity contribution in [3.63, 3.8) is 0 Å². The van der Waals surface area contributed by atoms with E-state index in [0.717, 1.165) is 6.29 Å². The lowest BCUT2D eigenvalue weighted by molar-refractivity contribution is 0.111. The van der Waals surface area contributed by atoms with E-state index in [1.807, 2.05) is 32.0 Å². The van der Waals surface area contributed by atoms with Crippen molar-refractivity contribution in [3.8, 4) is 5.75 Å². The highest BCUT2D eigenvalue weighted by molar-refractivity contribution is 5.79. The first kappa shape index (κ1) is 13.7. The molecule has 0 aliphatic carbocycles. The number of carbonyl (C=O) groups is 1. The topological polar surface area (TPSA) is 26.3 Å². The summed E-state index contributed by atoms with van der Waals surface area (Å²) < 4.78 is 5.46. The molecule has 1 rings (SSSR count). The third kappa shape index (κ3) is 5.21. The zero-order chi connectivity index (χ0) is 11.7. The summed E-state index contributed by atoms with van der Waals surface area (Å²) in [6.07, 6.45) is 0.815. The van der Waals surface area contributed by atoms with E-state index in [-0.39, 0.29) is 0 Å². The fourth-order valence-electron chi connectivity index (χ4n) is 0.966. The number of hydrogen-bond acceptors (Lipinski definition) is 2. The van der Waals surface area contributed by atoms with Gasteiger partial charge in [0.15, 0.2) is 6.29 Å².